The van der Waals surface area contributed by atoms with Crippen LogP contribution >= 0.6 is 23.2 Å². The highest BCUT2D eigenvalue weighted by Gasteiger charge is 2.24. The monoisotopic (exact) mass is 262 g/mol. The van der Waals surface area contributed by atoms with Gasteiger partial charge in [-0.25, -0.2) is 0 Å². The topological polar surface area (TPSA) is 62.0 Å². The standard InChI is InChI=1S/C10H12Cl2N2O2/c1-10(5-11,6-12)14-9(16)7-2-3-13-8(15)4-7/h2-4H,5-6H2,1H3,(H,13,15)(H,14,16). The number of H-pyrrole nitrogens is 1. The van der Waals surface area contributed by atoms with Gasteiger partial charge in [-0.05, 0) is 13.0 Å². The highest BCUT2D eigenvalue weighted by atomic mass is 35.5. The summed E-state index contributed by atoms with van der Waals surface area (Å²) >= 11 is 11.4. The van der Waals surface area contributed by atoms with Crippen LogP contribution in [-0.4, -0.2) is 28.2 Å². The van der Waals surface area contributed by atoms with Gasteiger partial charge in [0.25, 0.3) is 5.91 Å². The second-order valence-corrected chi connectivity index (χ2v) is 4.26. The summed E-state index contributed by atoms with van der Waals surface area (Å²) in [6, 6.07) is 2.73. The Bertz CT molecular complexity index is 427. The van der Waals surface area contributed by atoms with E-state index in [1.807, 2.05) is 0 Å². The first-order valence-corrected chi connectivity index (χ1v) is 5.71. The summed E-state index contributed by atoms with van der Waals surface area (Å²) in [7, 11) is 0. The molecule has 0 radical (unpaired) electrons. The van der Waals surface area contributed by atoms with E-state index in [1.54, 1.807) is 6.92 Å². The van der Waals surface area contributed by atoms with Crippen molar-refractivity contribution >= 4 is 29.1 Å². The zero-order valence-electron chi connectivity index (χ0n) is 8.72. The lowest BCUT2D eigenvalue weighted by atomic mass is 10.1. The molecule has 1 aromatic heterocycles. The highest BCUT2D eigenvalue weighted by molar-refractivity contribution is 6.22. The van der Waals surface area contributed by atoms with Crippen LogP contribution < -0.4 is 10.9 Å². The van der Waals surface area contributed by atoms with Gasteiger partial charge >= 0.3 is 0 Å². The molecule has 0 saturated carbocycles. The molecule has 16 heavy (non-hydrogen) atoms. The van der Waals surface area contributed by atoms with Crippen LogP contribution in [0.1, 0.15) is 17.3 Å². The third kappa shape index (κ3) is 3.25. The molecule has 0 spiro atoms. The summed E-state index contributed by atoms with van der Waals surface area (Å²) in [6.45, 7) is 1.73. The van der Waals surface area contributed by atoms with E-state index in [0.29, 0.717) is 0 Å². The fourth-order valence-electron chi connectivity index (χ4n) is 1.03. The van der Waals surface area contributed by atoms with Crippen molar-refractivity contribution in [3.8, 4) is 0 Å². The average molecular weight is 263 g/mol. The van der Waals surface area contributed by atoms with Gasteiger partial charge in [-0.1, -0.05) is 0 Å². The molecule has 1 amide bonds. The van der Waals surface area contributed by atoms with E-state index in [0.717, 1.165) is 0 Å². The molecule has 0 aliphatic heterocycles. The van der Waals surface area contributed by atoms with E-state index >= 15 is 0 Å². The van der Waals surface area contributed by atoms with Gasteiger partial charge in [-0.3, -0.25) is 9.59 Å². The van der Waals surface area contributed by atoms with Crippen molar-refractivity contribution in [1.82, 2.24) is 10.3 Å². The van der Waals surface area contributed by atoms with Crippen LogP contribution in [-0.2, 0) is 0 Å². The maximum absolute atomic E-state index is 11.7. The smallest absolute Gasteiger partial charge is 0.252 e. The molecule has 88 valence electrons. The van der Waals surface area contributed by atoms with Gasteiger partial charge in [0, 0.05) is 29.6 Å². The molecular formula is C10H12Cl2N2O2. The Morgan fingerprint density at radius 1 is 1.50 bits per heavy atom. The first-order valence-electron chi connectivity index (χ1n) is 4.64. The first kappa shape index (κ1) is 13.1. The maximum Gasteiger partial charge on any atom is 0.252 e. The van der Waals surface area contributed by atoms with Crippen LogP contribution in [0.2, 0.25) is 0 Å². The van der Waals surface area contributed by atoms with E-state index in [2.05, 4.69) is 10.3 Å². The number of hydrogen-bond acceptors (Lipinski definition) is 2. The van der Waals surface area contributed by atoms with Crippen LogP contribution in [0.5, 0.6) is 0 Å². The Hall–Kier alpha value is -1.00. The van der Waals surface area contributed by atoms with Gasteiger partial charge < -0.3 is 10.3 Å². The van der Waals surface area contributed by atoms with E-state index in [1.165, 1.54) is 18.3 Å². The van der Waals surface area contributed by atoms with E-state index in [-0.39, 0.29) is 28.8 Å². The number of pyridine rings is 1. The Morgan fingerprint density at radius 3 is 2.62 bits per heavy atom. The zero-order valence-corrected chi connectivity index (χ0v) is 10.2. The molecule has 0 saturated heterocycles. The third-order valence-corrected chi connectivity index (χ3v) is 3.22. The van der Waals surface area contributed by atoms with Crippen molar-refractivity contribution in [2.24, 2.45) is 0 Å². The van der Waals surface area contributed by atoms with Crippen molar-refractivity contribution in [3.05, 3.63) is 34.2 Å². The van der Waals surface area contributed by atoms with Crippen LogP contribution in [0.25, 0.3) is 0 Å². The van der Waals surface area contributed by atoms with Gasteiger partial charge in [0.15, 0.2) is 0 Å². The molecule has 0 aromatic carbocycles. The first-order chi connectivity index (χ1) is 7.50. The van der Waals surface area contributed by atoms with E-state index < -0.39 is 5.54 Å². The second kappa shape index (κ2) is 5.37. The number of amides is 1. The third-order valence-electron chi connectivity index (χ3n) is 2.04. The molecule has 0 atom stereocenters. The lowest BCUT2D eigenvalue weighted by Crippen LogP contribution is -2.49. The Morgan fingerprint density at radius 2 is 2.12 bits per heavy atom. The molecule has 2 N–H and O–H groups in total. The van der Waals surface area contributed by atoms with Crippen molar-refractivity contribution in [2.75, 3.05) is 11.8 Å². The van der Waals surface area contributed by atoms with Crippen LogP contribution in [0.4, 0.5) is 0 Å². The molecule has 1 aromatic rings. The molecule has 1 rings (SSSR count). The van der Waals surface area contributed by atoms with Gasteiger partial charge in [-0.2, -0.15) is 0 Å². The van der Waals surface area contributed by atoms with Crippen molar-refractivity contribution in [2.45, 2.75) is 12.5 Å². The van der Waals surface area contributed by atoms with Crippen LogP contribution in [0, 0.1) is 0 Å². The number of carbonyl (C=O) groups is 1. The molecular weight excluding hydrogens is 251 g/mol. The fraction of sp³-hybridized carbons (Fsp3) is 0.400. The SMILES string of the molecule is CC(CCl)(CCl)NC(=O)c1cc[nH]c(=O)c1. The summed E-state index contributed by atoms with van der Waals surface area (Å²) in [5.41, 5.74) is -0.723. The summed E-state index contributed by atoms with van der Waals surface area (Å²) in [6.07, 6.45) is 1.41. The highest BCUT2D eigenvalue weighted by Crippen LogP contribution is 2.10. The number of hydrogen-bond donors (Lipinski definition) is 2. The molecule has 0 bridgehead atoms. The molecule has 1 heterocycles. The Labute approximate surface area is 103 Å². The van der Waals surface area contributed by atoms with Crippen molar-refractivity contribution < 1.29 is 4.79 Å². The molecule has 6 heteroatoms. The van der Waals surface area contributed by atoms with Gasteiger partial charge in [-0.15, -0.1) is 23.2 Å². The van der Waals surface area contributed by atoms with Gasteiger partial charge in [0.05, 0.1) is 5.54 Å². The minimum atomic E-state index is -0.678. The number of carbonyl (C=O) groups excluding carboxylic acids is 1. The molecule has 0 aliphatic carbocycles. The minimum absolute atomic E-state index is 0.200. The van der Waals surface area contributed by atoms with Crippen LogP contribution in [0.15, 0.2) is 23.1 Å². The maximum atomic E-state index is 11.7. The fourth-order valence-corrected chi connectivity index (χ4v) is 1.45. The number of nitrogens with one attached hydrogen (secondary N) is 2. The van der Waals surface area contributed by atoms with Crippen molar-refractivity contribution in [3.63, 3.8) is 0 Å². The summed E-state index contributed by atoms with van der Waals surface area (Å²) < 4.78 is 0. The van der Waals surface area contributed by atoms with E-state index in [9.17, 15) is 9.59 Å². The Balaban J connectivity index is 2.84. The van der Waals surface area contributed by atoms with Gasteiger partial charge in [0.1, 0.15) is 0 Å². The molecule has 0 unspecified atom stereocenters. The summed E-state index contributed by atoms with van der Waals surface area (Å²) in [4.78, 5) is 25.2. The Kier molecular flexibility index (Phi) is 4.38. The van der Waals surface area contributed by atoms with Gasteiger partial charge in [0.2, 0.25) is 5.56 Å². The lowest BCUT2D eigenvalue weighted by Gasteiger charge is -2.25. The van der Waals surface area contributed by atoms with Crippen molar-refractivity contribution in [1.29, 1.82) is 0 Å². The summed E-state index contributed by atoms with van der Waals surface area (Å²) in [5, 5.41) is 2.68. The minimum Gasteiger partial charge on any atom is -0.344 e. The summed E-state index contributed by atoms with van der Waals surface area (Å²) in [5.74, 6) is 0.0338. The number of rotatable bonds is 4. The average Bonchev–Trinajstić information content (AvgIpc) is 2.29. The lowest BCUT2D eigenvalue weighted by molar-refractivity contribution is 0.0921. The largest absolute Gasteiger partial charge is 0.344 e. The number of aromatic amines is 1. The number of alkyl halides is 2. The zero-order chi connectivity index (χ0) is 12.2. The molecule has 4 nitrogen and oxygen atoms in total. The molecule has 0 aliphatic rings. The van der Waals surface area contributed by atoms with Crippen LogP contribution in [0.3, 0.4) is 0 Å². The second-order valence-electron chi connectivity index (χ2n) is 3.72. The predicted molar refractivity (Wildman–Crippen MR) is 64.4 cm³/mol. The normalized spacial score (nSPS) is 11.2. The molecule has 0 fully saturated rings. The number of aromatic nitrogens is 1. The predicted octanol–water partition coefficient (Wildman–Crippen LogP) is 1.34. The quantitative estimate of drug-likeness (QED) is 0.805. The number of halogens is 2. The van der Waals surface area contributed by atoms with E-state index in [4.69, 9.17) is 23.2 Å².